The van der Waals surface area contributed by atoms with Crippen LogP contribution in [0.4, 0.5) is 9.93 Å². The summed E-state index contributed by atoms with van der Waals surface area (Å²) in [6.07, 6.45) is 1.95. The largest absolute Gasteiger partial charge is 0.461 e. The Balaban J connectivity index is 2.87. The van der Waals surface area contributed by atoms with Crippen molar-refractivity contribution >= 4 is 28.5 Å². The summed E-state index contributed by atoms with van der Waals surface area (Å²) < 4.78 is 10.4. The number of unbranched alkanes of at least 4 members (excludes halogenated alkanes) is 2. The predicted molar refractivity (Wildman–Crippen MR) is 99.0 cm³/mol. The van der Waals surface area contributed by atoms with E-state index in [0.717, 1.165) is 19.3 Å². The molecule has 6 nitrogen and oxygen atoms in total. The summed E-state index contributed by atoms with van der Waals surface area (Å²) in [7, 11) is 0. The van der Waals surface area contributed by atoms with Gasteiger partial charge in [-0.1, -0.05) is 0 Å². The topological polar surface area (TPSA) is 68.7 Å². The van der Waals surface area contributed by atoms with E-state index < -0.39 is 17.7 Å². The number of carbonyl (C=O) groups is 2. The molecule has 0 fully saturated rings. The van der Waals surface area contributed by atoms with Crippen LogP contribution >= 0.6 is 11.3 Å². The highest BCUT2D eigenvalue weighted by Crippen LogP contribution is 2.24. The van der Waals surface area contributed by atoms with Gasteiger partial charge in [-0.15, -0.1) is 23.2 Å². The summed E-state index contributed by atoms with van der Waals surface area (Å²) in [5.41, 5.74) is -0.406. The lowest BCUT2D eigenvalue weighted by molar-refractivity contribution is 0.0516. The van der Waals surface area contributed by atoms with Gasteiger partial charge in [0.05, 0.1) is 6.61 Å². The predicted octanol–water partition coefficient (Wildman–Crippen LogP) is 4.25. The van der Waals surface area contributed by atoms with Gasteiger partial charge in [-0.05, 0) is 47.5 Å². The molecule has 1 aromatic rings. The molecule has 1 amide bonds. The van der Waals surface area contributed by atoms with Crippen LogP contribution in [0.3, 0.4) is 0 Å². The molecule has 0 aliphatic rings. The molecule has 0 unspecified atom stereocenters. The summed E-state index contributed by atoms with van der Waals surface area (Å²) in [4.78, 5) is 30.0. The molecule has 0 saturated carbocycles. The zero-order chi connectivity index (χ0) is 18.9. The maximum absolute atomic E-state index is 12.5. The fourth-order valence-electron chi connectivity index (χ4n) is 1.88. The monoisotopic (exact) mass is 366 g/mol. The maximum Gasteiger partial charge on any atom is 0.416 e. The number of esters is 1. The molecule has 0 aliphatic heterocycles. The standard InChI is InChI=1S/C18H26N2O4S/c1-6-8-9-10-11-12-20(17(22)24-18(3,4)5)16-19-14(13-25-16)15(21)23-7-2/h13H,7,9-12H2,1-5H3. The first-order valence-electron chi connectivity index (χ1n) is 8.31. The van der Waals surface area contributed by atoms with Crippen LogP contribution in [0.15, 0.2) is 5.38 Å². The third kappa shape index (κ3) is 7.57. The Morgan fingerprint density at radius 3 is 2.64 bits per heavy atom. The maximum atomic E-state index is 12.5. The molecular formula is C18H26N2O4S. The molecule has 7 heteroatoms. The molecule has 0 radical (unpaired) electrons. The molecular weight excluding hydrogens is 340 g/mol. The van der Waals surface area contributed by atoms with Gasteiger partial charge in [0, 0.05) is 18.3 Å². The van der Waals surface area contributed by atoms with Crippen molar-refractivity contribution in [2.75, 3.05) is 18.1 Å². The second-order valence-corrected chi connectivity index (χ2v) is 7.09. The smallest absolute Gasteiger partial charge is 0.416 e. The van der Waals surface area contributed by atoms with E-state index in [2.05, 4.69) is 16.8 Å². The lowest BCUT2D eigenvalue weighted by Crippen LogP contribution is -2.37. The minimum atomic E-state index is -0.607. The summed E-state index contributed by atoms with van der Waals surface area (Å²) in [5.74, 6) is 5.36. The number of nitrogens with zero attached hydrogens (tertiary/aromatic N) is 2. The lowest BCUT2D eigenvalue weighted by atomic mass is 10.2. The lowest BCUT2D eigenvalue weighted by Gasteiger charge is -2.25. The van der Waals surface area contributed by atoms with Crippen molar-refractivity contribution in [2.24, 2.45) is 0 Å². The Bertz CT molecular complexity index is 637. The van der Waals surface area contributed by atoms with E-state index in [-0.39, 0.29) is 12.3 Å². The minimum absolute atomic E-state index is 0.201. The number of thiazole rings is 1. The Morgan fingerprint density at radius 2 is 2.04 bits per heavy atom. The van der Waals surface area contributed by atoms with E-state index in [9.17, 15) is 9.59 Å². The Hall–Kier alpha value is -2.07. The summed E-state index contributed by atoms with van der Waals surface area (Å²) >= 11 is 1.22. The van der Waals surface area contributed by atoms with Gasteiger partial charge in [0.2, 0.25) is 0 Å². The van der Waals surface area contributed by atoms with E-state index >= 15 is 0 Å². The van der Waals surface area contributed by atoms with Crippen LogP contribution in [-0.4, -0.2) is 35.8 Å². The van der Waals surface area contributed by atoms with E-state index in [0.29, 0.717) is 11.7 Å². The number of ether oxygens (including phenoxy) is 2. The van der Waals surface area contributed by atoms with Gasteiger partial charge < -0.3 is 9.47 Å². The van der Waals surface area contributed by atoms with Gasteiger partial charge in [0.15, 0.2) is 10.8 Å². The zero-order valence-electron chi connectivity index (χ0n) is 15.5. The molecule has 0 saturated heterocycles. The van der Waals surface area contributed by atoms with Crippen molar-refractivity contribution in [1.29, 1.82) is 0 Å². The van der Waals surface area contributed by atoms with Crippen molar-refractivity contribution < 1.29 is 19.1 Å². The van der Waals surface area contributed by atoms with Gasteiger partial charge >= 0.3 is 12.1 Å². The molecule has 0 N–H and O–H groups in total. The first-order chi connectivity index (χ1) is 11.8. The third-order valence-electron chi connectivity index (χ3n) is 2.93. The van der Waals surface area contributed by atoms with Crippen molar-refractivity contribution in [2.45, 2.75) is 59.5 Å². The fourth-order valence-corrected chi connectivity index (χ4v) is 2.69. The van der Waals surface area contributed by atoms with E-state index in [1.807, 2.05) is 20.8 Å². The molecule has 138 valence electrons. The van der Waals surface area contributed by atoms with Gasteiger partial charge in [-0.25, -0.2) is 14.6 Å². The highest BCUT2D eigenvalue weighted by Gasteiger charge is 2.26. The van der Waals surface area contributed by atoms with Crippen LogP contribution in [-0.2, 0) is 9.47 Å². The minimum Gasteiger partial charge on any atom is -0.461 e. The summed E-state index contributed by atoms with van der Waals surface area (Å²) in [5, 5.41) is 2.02. The molecule has 1 heterocycles. The van der Waals surface area contributed by atoms with Crippen LogP contribution in [0.2, 0.25) is 0 Å². The third-order valence-corrected chi connectivity index (χ3v) is 3.80. The molecule has 1 rings (SSSR count). The number of aromatic nitrogens is 1. The number of hydrogen-bond donors (Lipinski definition) is 0. The number of rotatable bonds is 7. The molecule has 0 spiro atoms. The van der Waals surface area contributed by atoms with Gasteiger partial charge in [0.1, 0.15) is 5.60 Å². The number of amides is 1. The zero-order valence-corrected chi connectivity index (χ0v) is 16.4. The molecule has 0 bridgehead atoms. The van der Waals surface area contributed by atoms with Crippen LogP contribution in [0.1, 0.15) is 64.4 Å². The first kappa shape index (κ1) is 21.0. The SMILES string of the molecule is CC#CCCCCN(C(=O)OC(C)(C)C)c1nc(C(=O)OCC)cs1. The summed E-state index contributed by atoms with van der Waals surface area (Å²) in [6.45, 7) is 9.70. The van der Waals surface area contributed by atoms with Crippen LogP contribution in [0.5, 0.6) is 0 Å². The van der Waals surface area contributed by atoms with E-state index in [4.69, 9.17) is 9.47 Å². The average Bonchev–Trinajstić information content (AvgIpc) is 2.99. The fraction of sp³-hybridized carbons (Fsp3) is 0.611. The van der Waals surface area contributed by atoms with Crippen LogP contribution in [0, 0.1) is 11.8 Å². The first-order valence-corrected chi connectivity index (χ1v) is 9.19. The Labute approximate surface area is 153 Å². The molecule has 25 heavy (non-hydrogen) atoms. The highest BCUT2D eigenvalue weighted by molar-refractivity contribution is 7.14. The summed E-state index contributed by atoms with van der Waals surface area (Å²) in [6, 6.07) is 0. The highest BCUT2D eigenvalue weighted by atomic mass is 32.1. The van der Waals surface area contributed by atoms with E-state index in [1.54, 1.807) is 19.2 Å². The van der Waals surface area contributed by atoms with Crippen molar-refractivity contribution in [3.8, 4) is 11.8 Å². The number of anilines is 1. The number of hydrogen-bond acceptors (Lipinski definition) is 6. The average molecular weight is 366 g/mol. The Morgan fingerprint density at radius 1 is 1.32 bits per heavy atom. The second-order valence-electron chi connectivity index (χ2n) is 6.25. The van der Waals surface area contributed by atoms with Crippen molar-refractivity contribution in [1.82, 2.24) is 4.98 Å². The Kier molecular flexibility index (Phi) is 8.42. The second kappa shape index (κ2) is 10.0. The molecule has 1 aromatic heterocycles. The number of carbonyl (C=O) groups excluding carboxylic acids is 2. The molecule has 0 aromatic carbocycles. The van der Waals surface area contributed by atoms with Crippen LogP contribution in [0.25, 0.3) is 0 Å². The quantitative estimate of drug-likeness (QED) is 0.410. The van der Waals surface area contributed by atoms with Crippen LogP contribution < -0.4 is 4.90 Å². The van der Waals surface area contributed by atoms with Gasteiger partial charge in [0.25, 0.3) is 0 Å². The normalized spacial score (nSPS) is 10.6. The van der Waals surface area contributed by atoms with Gasteiger partial charge in [-0.2, -0.15) is 0 Å². The van der Waals surface area contributed by atoms with E-state index in [1.165, 1.54) is 16.2 Å². The van der Waals surface area contributed by atoms with Gasteiger partial charge in [-0.3, -0.25) is 4.90 Å². The molecule has 0 aliphatic carbocycles. The van der Waals surface area contributed by atoms with Crippen molar-refractivity contribution in [3.63, 3.8) is 0 Å². The van der Waals surface area contributed by atoms with Crippen molar-refractivity contribution in [3.05, 3.63) is 11.1 Å². The molecule has 0 atom stereocenters.